The molecule has 488 valence electrons. The van der Waals surface area contributed by atoms with Crippen LogP contribution in [0.15, 0.2) is 48.6 Å². The summed E-state index contributed by atoms with van der Waals surface area (Å²) in [4.78, 5) is 13.1. The van der Waals surface area contributed by atoms with Gasteiger partial charge in [-0.25, -0.2) is 0 Å². The summed E-state index contributed by atoms with van der Waals surface area (Å²) in [6.45, 7) is 3.80. The highest BCUT2D eigenvalue weighted by molar-refractivity contribution is 5.76. The molecule has 0 aromatic rings. The molecule has 9 nitrogen and oxygen atoms in total. The van der Waals surface area contributed by atoms with Gasteiger partial charge in [-0.05, 0) is 64.2 Å². The second-order valence-corrected chi connectivity index (χ2v) is 25.4. The van der Waals surface area contributed by atoms with Crippen molar-refractivity contribution >= 4 is 5.91 Å². The molecule has 1 aliphatic heterocycles. The molecule has 7 atom stereocenters. The number of carbonyl (C=O) groups excluding carboxylic acids is 1. The fraction of sp³-hybridized carbons (Fsp3) is 0.878. The zero-order chi connectivity index (χ0) is 60.0. The number of hydrogen-bond acceptors (Lipinski definition) is 8. The molecule has 0 bridgehead atoms. The highest BCUT2D eigenvalue weighted by atomic mass is 16.7. The van der Waals surface area contributed by atoms with Crippen LogP contribution in [0.5, 0.6) is 0 Å². The Labute approximate surface area is 514 Å². The lowest BCUT2D eigenvalue weighted by Crippen LogP contribution is -2.60. The summed E-state index contributed by atoms with van der Waals surface area (Å²) in [5.41, 5.74) is 0. The molecule has 6 N–H and O–H groups in total. The van der Waals surface area contributed by atoms with Gasteiger partial charge in [-0.3, -0.25) is 4.79 Å². The molecule has 0 aromatic carbocycles. The molecule has 1 amide bonds. The molecule has 0 saturated carbocycles. The van der Waals surface area contributed by atoms with E-state index in [0.717, 1.165) is 44.9 Å². The van der Waals surface area contributed by atoms with E-state index in [1.165, 1.54) is 295 Å². The highest BCUT2D eigenvalue weighted by Gasteiger charge is 2.44. The minimum absolute atomic E-state index is 0.181. The minimum Gasteiger partial charge on any atom is -0.394 e. The Morgan fingerprint density at radius 2 is 0.723 bits per heavy atom. The van der Waals surface area contributed by atoms with Gasteiger partial charge in [0, 0.05) is 6.42 Å². The Morgan fingerprint density at radius 3 is 1.08 bits per heavy atom. The lowest BCUT2D eigenvalue weighted by molar-refractivity contribution is -0.302. The van der Waals surface area contributed by atoms with Crippen molar-refractivity contribution in [3.05, 3.63) is 48.6 Å². The van der Waals surface area contributed by atoms with Gasteiger partial charge in [0.15, 0.2) is 6.29 Å². The lowest BCUT2D eigenvalue weighted by atomic mass is 9.99. The zero-order valence-corrected chi connectivity index (χ0v) is 54.7. The minimum atomic E-state index is -1.57. The number of amides is 1. The van der Waals surface area contributed by atoms with E-state index in [1.54, 1.807) is 6.08 Å². The predicted molar refractivity (Wildman–Crippen MR) is 355 cm³/mol. The normalized spacial score (nSPS) is 18.5. The molecule has 0 aliphatic carbocycles. The Hall–Kier alpha value is -1.85. The Balaban J connectivity index is 2.13. The van der Waals surface area contributed by atoms with E-state index in [1.807, 2.05) is 6.08 Å². The van der Waals surface area contributed by atoms with Crippen LogP contribution in [0.25, 0.3) is 0 Å². The summed E-state index contributed by atoms with van der Waals surface area (Å²) >= 11 is 0. The molecular formula is C74H139NO8. The van der Waals surface area contributed by atoms with Crippen molar-refractivity contribution in [2.24, 2.45) is 0 Å². The SMILES string of the molecule is CCCCCCC/C=C\C/C=C\CCCCCCCCCCCCCCCCCCCC(=O)NC(COC1OC(CO)C(O)C(O)C1O)C(O)/C=C/CC/C=C/CCCCCCCCCCCCCCCCCCCCCCCCCCC. The average molecular weight is 1170 g/mol. The molecular weight excluding hydrogens is 1030 g/mol. The average Bonchev–Trinajstić information content (AvgIpc) is 3.60. The van der Waals surface area contributed by atoms with Crippen LogP contribution in [0, 0.1) is 0 Å². The van der Waals surface area contributed by atoms with Crippen LogP contribution in [0.2, 0.25) is 0 Å². The highest BCUT2D eigenvalue weighted by Crippen LogP contribution is 2.23. The van der Waals surface area contributed by atoms with Gasteiger partial charge in [0.05, 0.1) is 25.4 Å². The largest absolute Gasteiger partial charge is 0.394 e. The van der Waals surface area contributed by atoms with Crippen LogP contribution in [0.1, 0.15) is 361 Å². The maximum atomic E-state index is 13.1. The summed E-state index contributed by atoms with van der Waals surface area (Å²) in [5.74, 6) is -0.181. The Bertz CT molecular complexity index is 1450. The third-order valence-electron chi connectivity index (χ3n) is 17.4. The van der Waals surface area contributed by atoms with Crippen molar-refractivity contribution in [2.75, 3.05) is 13.2 Å². The predicted octanol–water partition coefficient (Wildman–Crippen LogP) is 20.0. The van der Waals surface area contributed by atoms with E-state index >= 15 is 0 Å². The summed E-state index contributed by atoms with van der Waals surface area (Å²) in [7, 11) is 0. The fourth-order valence-corrected chi connectivity index (χ4v) is 11.7. The number of rotatable bonds is 64. The molecule has 0 spiro atoms. The van der Waals surface area contributed by atoms with Gasteiger partial charge in [0.1, 0.15) is 24.4 Å². The monoisotopic (exact) mass is 1170 g/mol. The fourth-order valence-electron chi connectivity index (χ4n) is 11.7. The van der Waals surface area contributed by atoms with E-state index in [4.69, 9.17) is 9.47 Å². The number of unbranched alkanes of at least 4 members (excludes halogenated alkanes) is 48. The summed E-state index contributed by atoms with van der Waals surface area (Å²) < 4.78 is 11.3. The van der Waals surface area contributed by atoms with Gasteiger partial charge in [-0.1, -0.05) is 339 Å². The van der Waals surface area contributed by atoms with Gasteiger partial charge >= 0.3 is 0 Å². The van der Waals surface area contributed by atoms with Crippen molar-refractivity contribution in [3.8, 4) is 0 Å². The van der Waals surface area contributed by atoms with E-state index < -0.39 is 49.5 Å². The molecule has 1 saturated heterocycles. The van der Waals surface area contributed by atoms with Gasteiger partial charge in [-0.2, -0.15) is 0 Å². The summed E-state index contributed by atoms with van der Waals surface area (Å²) in [6, 6.07) is -0.824. The number of aliphatic hydroxyl groups excluding tert-OH is 5. The number of aliphatic hydroxyl groups is 5. The van der Waals surface area contributed by atoms with Crippen LogP contribution in [-0.2, 0) is 14.3 Å². The van der Waals surface area contributed by atoms with Crippen molar-refractivity contribution in [2.45, 2.75) is 403 Å². The molecule has 83 heavy (non-hydrogen) atoms. The molecule has 9 heteroatoms. The van der Waals surface area contributed by atoms with Crippen molar-refractivity contribution < 1.29 is 39.8 Å². The first-order valence-corrected chi connectivity index (χ1v) is 36.4. The molecule has 1 fully saturated rings. The Kier molecular flexibility index (Phi) is 60.3. The van der Waals surface area contributed by atoms with E-state index in [2.05, 4.69) is 55.6 Å². The van der Waals surface area contributed by atoms with E-state index in [9.17, 15) is 30.3 Å². The van der Waals surface area contributed by atoms with Gasteiger partial charge in [0.2, 0.25) is 5.91 Å². The first-order chi connectivity index (χ1) is 40.8. The molecule has 7 unspecified atom stereocenters. The summed E-state index contributed by atoms with van der Waals surface area (Å²) in [5, 5.41) is 54.8. The van der Waals surface area contributed by atoms with Crippen LogP contribution in [0.3, 0.4) is 0 Å². The first-order valence-electron chi connectivity index (χ1n) is 36.4. The van der Waals surface area contributed by atoms with Gasteiger partial charge < -0.3 is 40.3 Å². The molecule has 0 aromatic heterocycles. The van der Waals surface area contributed by atoms with Gasteiger partial charge in [-0.15, -0.1) is 0 Å². The lowest BCUT2D eigenvalue weighted by Gasteiger charge is -2.40. The van der Waals surface area contributed by atoms with Crippen LogP contribution in [-0.4, -0.2) is 87.5 Å². The maximum absolute atomic E-state index is 13.1. The number of allylic oxidation sites excluding steroid dienone is 7. The van der Waals surface area contributed by atoms with E-state index in [-0.39, 0.29) is 12.5 Å². The smallest absolute Gasteiger partial charge is 0.220 e. The topological polar surface area (TPSA) is 149 Å². The number of ether oxygens (including phenoxy) is 2. The van der Waals surface area contributed by atoms with Crippen molar-refractivity contribution in [3.63, 3.8) is 0 Å². The molecule has 1 rings (SSSR count). The maximum Gasteiger partial charge on any atom is 0.220 e. The molecule has 1 heterocycles. The van der Waals surface area contributed by atoms with Crippen molar-refractivity contribution in [1.29, 1.82) is 0 Å². The molecule has 0 radical (unpaired) electrons. The number of hydrogen-bond donors (Lipinski definition) is 6. The number of nitrogens with one attached hydrogen (secondary N) is 1. The second-order valence-electron chi connectivity index (χ2n) is 25.4. The first kappa shape index (κ1) is 79.2. The molecule has 1 aliphatic rings. The third-order valence-corrected chi connectivity index (χ3v) is 17.4. The third kappa shape index (κ3) is 51.9. The van der Waals surface area contributed by atoms with E-state index in [0.29, 0.717) is 6.42 Å². The van der Waals surface area contributed by atoms with Crippen LogP contribution < -0.4 is 5.32 Å². The quantitative estimate of drug-likeness (QED) is 0.0261. The number of carbonyl (C=O) groups is 1. The summed E-state index contributed by atoms with van der Waals surface area (Å²) in [6.07, 6.45) is 79.5. The standard InChI is InChI=1S/C74H139NO8/c1-3-5-7-9-11-13-15-17-19-21-23-25-27-29-31-33-34-36-37-39-41-43-45-47-49-51-53-55-57-59-61-63-68(77)67(66-82-74-73(81)72(80)71(79)69(65-76)83-74)75-70(78)64-62-60-58-56-54-52-50-48-46-44-42-40-38-35-32-30-28-26-24-22-20-18-16-14-12-10-8-6-4-2/h16,18,22,24,53,55,61,63,67-69,71-74,76-77,79-81H,3-15,17,19-21,23,25-52,54,56-60,62,64-66H2,1-2H3,(H,75,78)/b18-16-,24-22-,55-53+,63-61+. The zero-order valence-electron chi connectivity index (χ0n) is 54.7. The van der Waals surface area contributed by atoms with Crippen LogP contribution >= 0.6 is 0 Å². The van der Waals surface area contributed by atoms with Crippen LogP contribution in [0.4, 0.5) is 0 Å². The van der Waals surface area contributed by atoms with Crippen molar-refractivity contribution in [1.82, 2.24) is 5.32 Å². The Morgan fingerprint density at radius 1 is 0.410 bits per heavy atom. The second kappa shape index (κ2) is 63.2. The van der Waals surface area contributed by atoms with Gasteiger partial charge in [0.25, 0.3) is 0 Å².